The van der Waals surface area contributed by atoms with Crippen molar-refractivity contribution in [1.82, 2.24) is 0 Å². The molecule has 19 heavy (non-hydrogen) atoms. The van der Waals surface area contributed by atoms with Gasteiger partial charge in [-0.1, -0.05) is 30.2 Å². The molecule has 3 rings (SSSR count). The zero-order chi connectivity index (χ0) is 13.5. The summed E-state index contributed by atoms with van der Waals surface area (Å²) in [6, 6.07) is 7.93. The maximum absolute atomic E-state index is 8.97. The van der Waals surface area contributed by atoms with Crippen molar-refractivity contribution >= 4 is 14.1 Å². The van der Waals surface area contributed by atoms with Crippen LogP contribution in [-0.2, 0) is 6.16 Å². The van der Waals surface area contributed by atoms with E-state index in [9.17, 15) is 0 Å². The molecule has 3 N–H and O–H groups in total. The van der Waals surface area contributed by atoms with Crippen LogP contribution in [0.5, 0.6) is 0 Å². The molecule has 102 valence electrons. The van der Waals surface area contributed by atoms with Crippen LogP contribution in [0.3, 0.4) is 0 Å². The van der Waals surface area contributed by atoms with E-state index in [1.165, 1.54) is 19.3 Å². The molecule has 1 unspecified atom stereocenters. The lowest BCUT2D eigenvalue weighted by Gasteiger charge is -2.24. The van der Waals surface area contributed by atoms with Crippen LogP contribution >= 0.6 is 8.38 Å². The molecule has 0 saturated heterocycles. The molecule has 1 aromatic rings. The minimum Gasteiger partial charge on any atom is -0.381 e. The van der Waals surface area contributed by atoms with Gasteiger partial charge in [0.25, 0.3) is 0 Å². The van der Waals surface area contributed by atoms with Crippen molar-refractivity contribution in [2.75, 3.05) is 11.9 Å². The van der Waals surface area contributed by atoms with Crippen molar-refractivity contribution in [3.05, 3.63) is 41.0 Å². The van der Waals surface area contributed by atoms with E-state index < -0.39 is 8.38 Å². The second kappa shape index (κ2) is 4.90. The Labute approximate surface area is 115 Å². The number of anilines is 1. The van der Waals surface area contributed by atoms with Crippen LogP contribution in [-0.4, -0.2) is 16.3 Å². The first-order valence-electron chi connectivity index (χ1n) is 6.82. The van der Waals surface area contributed by atoms with Gasteiger partial charge in [0.2, 0.25) is 0 Å². The van der Waals surface area contributed by atoms with Gasteiger partial charge < -0.3 is 15.1 Å². The third-order valence-electron chi connectivity index (χ3n) is 4.47. The maximum Gasteiger partial charge on any atom is 0.169 e. The molecular weight excluding hydrogens is 257 g/mol. The average molecular weight is 277 g/mol. The highest BCUT2D eigenvalue weighted by Crippen LogP contribution is 2.68. The van der Waals surface area contributed by atoms with E-state index in [0.29, 0.717) is 11.6 Å². The Morgan fingerprint density at radius 3 is 2.47 bits per heavy atom. The Morgan fingerprint density at radius 2 is 1.95 bits per heavy atom. The van der Waals surface area contributed by atoms with Crippen LogP contribution in [0.15, 0.2) is 35.4 Å². The first kappa shape index (κ1) is 13.1. The van der Waals surface area contributed by atoms with Gasteiger partial charge in [-0.05, 0) is 42.4 Å². The molecule has 0 bridgehead atoms. The Kier molecular flexibility index (Phi) is 3.38. The molecule has 0 amide bonds. The minimum absolute atomic E-state index is 0.351. The largest absolute Gasteiger partial charge is 0.381 e. The van der Waals surface area contributed by atoms with E-state index in [2.05, 4.69) is 12.2 Å². The molecule has 0 aliphatic heterocycles. The molecule has 1 aromatic carbocycles. The number of nitrogens with one attached hydrogen (secondary N) is 1. The SMILES string of the molecule is CCC12CC(CNc3ccc(CP(O)O)cc3)=C1C2. The number of benzene rings is 1. The maximum atomic E-state index is 8.97. The second-order valence-corrected chi connectivity index (χ2v) is 6.71. The van der Waals surface area contributed by atoms with E-state index in [1.807, 2.05) is 24.3 Å². The van der Waals surface area contributed by atoms with E-state index in [4.69, 9.17) is 9.79 Å². The van der Waals surface area contributed by atoms with Gasteiger partial charge in [-0.3, -0.25) is 0 Å². The van der Waals surface area contributed by atoms with Gasteiger partial charge in [0.05, 0.1) is 0 Å². The summed E-state index contributed by atoms with van der Waals surface area (Å²) in [4.78, 5) is 17.9. The lowest BCUT2D eigenvalue weighted by atomic mass is 9.83. The van der Waals surface area contributed by atoms with Crippen molar-refractivity contribution in [3.63, 3.8) is 0 Å². The van der Waals surface area contributed by atoms with E-state index in [1.54, 1.807) is 11.1 Å². The summed E-state index contributed by atoms with van der Waals surface area (Å²) in [5, 5.41) is 3.45. The van der Waals surface area contributed by atoms with Crippen LogP contribution in [0.25, 0.3) is 0 Å². The number of allylic oxidation sites excluding steroid dienone is 1. The van der Waals surface area contributed by atoms with E-state index in [-0.39, 0.29) is 0 Å². The summed E-state index contributed by atoms with van der Waals surface area (Å²) in [6.07, 6.45) is 4.26. The van der Waals surface area contributed by atoms with Crippen molar-refractivity contribution in [3.8, 4) is 0 Å². The van der Waals surface area contributed by atoms with Crippen LogP contribution in [0, 0.1) is 5.41 Å². The number of rotatable bonds is 6. The molecule has 0 radical (unpaired) electrons. The molecule has 1 atom stereocenters. The highest BCUT2D eigenvalue weighted by Gasteiger charge is 2.55. The summed E-state index contributed by atoms with van der Waals surface area (Å²) in [6.45, 7) is 3.25. The fourth-order valence-electron chi connectivity index (χ4n) is 3.10. The third-order valence-corrected chi connectivity index (χ3v) is 5.12. The minimum atomic E-state index is -1.83. The summed E-state index contributed by atoms with van der Waals surface area (Å²) >= 11 is 0. The van der Waals surface area contributed by atoms with Crippen LogP contribution in [0.1, 0.15) is 31.7 Å². The Balaban J connectivity index is 1.53. The summed E-state index contributed by atoms with van der Waals surface area (Å²) < 4.78 is 0. The zero-order valence-corrected chi connectivity index (χ0v) is 12.1. The fraction of sp³-hybridized carbons (Fsp3) is 0.467. The lowest BCUT2D eigenvalue weighted by molar-refractivity contribution is 0.475. The quantitative estimate of drug-likeness (QED) is 0.552. The first-order chi connectivity index (χ1) is 9.13. The van der Waals surface area contributed by atoms with Crippen LogP contribution in [0.4, 0.5) is 5.69 Å². The predicted molar refractivity (Wildman–Crippen MR) is 79.0 cm³/mol. The Morgan fingerprint density at radius 1 is 1.21 bits per heavy atom. The van der Waals surface area contributed by atoms with Gasteiger partial charge in [-0.25, -0.2) is 0 Å². The smallest absolute Gasteiger partial charge is 0.169 e. The average Bonchev–Trinajstić information content (AvgIpc) is 2.97. The van der Waals surface area contributed by atoms with Gasteiger partial charge in [0.1, 0.15) is 0 Å². The van der Waals surface area contributed by atoms with Crippen molar-refractivity contribution in [1.29, 1.82) is 0 Å². The van der Waals surface area contributed by atoms with Gasteiger partial charge in [0, 0.05) is 18.4 Å². The number of fused-ring (bicyclic) bond motifs is 1. The van der Waals surface area contributed by atoms with Crippen molar-refractivity contribution in [2.24, 2.45) is 5.41 Å². The topological polar surface area (TPSA) is 52.5 Å². The lowest BCUT2D eigenvalue weighted by Crippen LogP contribution is -2.17. The molecule has 3 nitrogen and oxygen atoms in total. The summed E-state index contributed by atoms with van der Waals surface area (Å²) in [5.74, 6) is 0. The molecule has 0 spiro atoms. The first-order valence-corrected chi connectivity index (χ1v) is 8.26. The number of hydrogen-bond acceptors (Lipinski definition) is 3. The fourth-order valence-corrected chi connectivity index (χ4v) is 3.64. The standard InChI is InChI=1S/C15H20NO2P/c1-2-15-7-12(14(15)8-15)9-16-13-5-3-11(4-6-13)10-19(17)18/h3-6,16-18H,2,7-10H2,1H3. The molecule has 2 aliphatic carbocycles. The van der Waals surface area contributed by atoms with Gasteiger partial charge in [-0.15, -0.1) is 0 Å². The highest BCUT2D eigenvalue weighted by molar-refractivity contribution is 7.44. The molecule has 4 heteroatoms. The monoisotopic (exact) mass is 277 g/mol. The Hall–Kier alpha value is -0.890. The summed E-state index contributed by atoms with van der Waals surface area (Å²) in [5.41, 5.74) is 6.00. The van der Waals surface area contributed by atoms with Crippen molar-refractivity contribution < 1.29 is 9.79 Å². The Bertz CT molecular complexity index is 509. The van der Waals surface area contributed by atoms with Gasteiger partial charge in [-0.2, -0.15) is 0 Å². The van der Waals surface area contributed by atoms with E-state index >= 15 is 0 Å². The van der Waals surface area contributed by atoms with Crippen molar-refractivity contribution in [2.45, 2.75) is 32.3 Å². The third kappa shape index (κ3) is 2.55. The molecule has 0 aromatic heterocycles. The van der Waals surface area contributed by atoms with Gasteiger partial charge >= 0.3 is 0 Å². The zero-order valence-electron chi connectivity index (χ0n) is 11.2. The molecule has 0 heterocycles. The molecule has 1 fully saturated rings. The molecular formula is C15H20NO2P. The second-order valence-electron chi connectivity index (χ2n) is 5.65. The van der Waals surface area contributed by atoms with Crippen LogP contribution < -0.4 is 5.32 Å². The predicted octanol–water partition coefficient (Wildman–Crippen LogP) is 3.40. The normalized spacial score (nSPS) is 24.2. The van der Waals surface area contributed by atoms with Gasteiger partial charge in [0.15, 0.2) is 8.38 Å². The summed E-state index contributed by atoms with van der Waals surface area (Å²) in [7, 11) is -1.83. The highest BCUT2D eigenvalue weighted by atomic mass is 31.2. The number of hydrogen-bond donors (Lipinski definition) is 3. The molecule has 2 aliphatic rings. The van der Waals surface area contributed by atoms with E-state index in [0.717, 1.165) is 17.8 Å². The van der Waals surface area contributed by atoms with Crippen LogP contribution in [0.2, 0.25) is 0 Å². The molecule has 1 saturated carbocycles.